The van der Waals surface area contributed by atoms with Crippen molar-refractivity contribution < 1.29 is 4.74 Å². The van der Waals surface area contributed by atoms with Crippen LogP contribution in [-0.2, 0) is 11.3 Å². The van der Waals surface area contributed by atoms with E-state index in [9.17, 15) is 0 Å². The van der Waals surface area contributed by atoms with E-state index >= 15 is 0 Å². The molecule has 3 aliphatic rings. The molecular formula is C35H54O. The molecule has 0 heterocycles. The molecule has 3 saturated carbocycles. The molecule has 5 rings (SSSR count). The van der Waals surface area contributed by atoms with Gasteiger partial charge in [-0.1, -0.05) is 102 Å². The predicted octanol–water partition coefficient (Wildman–Crippen LogP) is 10.5. The van der Waals surface area contributed by atoms with Gasteiger partial charge in [-0.15, -0.1) is 13.2 Å². The van der Waals surface area contributed by atoms with E-state index < -0.39 is 0 Å². The van der Waals surface area contributed by atoms with E-state index in [-0.39, 0.29) is 5.60 Å². The zero-order valence-electron chi connectivity index (χ0n) is 24.4. The summed E-state index contributed by atoms with van der Waals surface area (Å²) in [6.45, 7) is 22.7. The summed E-state index contributed by atoms with van der Waals surface area (Å²) in [6.07, 6.45) is 8.35. The Bertz CT molecular complexity index is 825. The van der Waals surface area contributed by atoms with Gasteiger partial charge in [0, 0.05) is 5.41 Å². The Morgan fingerprint density at radius 1 is 0.833 bits per heavy atom. The van der Waals surface area contributed by atoms with Gasteiger partial charge in [0.2, 0.25) is 0 Å². The molecule has 2 aromatic carbocycles. The van der Waals surface area contributed by atoms with Gasteiger partial charge in [0.25, 0.3) is 0 Å². The normalized spacial score (nSPS) is 25.8. The van der Waals surface area contributed by atoms with Crippen molar-refractivity contribution in [2.45, 2.75) is 105 Å². The topological polar surface area (TPSA) is 9.23 Å². The number of hydrogen-bond acceptors (Lipinski definition) is 1. The van der Waals surface area contributed by atoms with E-state index in [1.54, 1.807) is 0 Å². The van der Waals surface area contributed by atoms with Crippen LogP contribution in [0.4, 0.5) is 0 Å². The first kappa shape index (κ1) is 30.4. The number of rotatable bonds is 7. The number of ether oxygens (including phenoxy) is 1. The Labute approximate surface area is 223 Å². The number of fused-ring (bicyclic) bond motifs is 2. The number of hydrogen-bond donors (Lipinski definition) is 0. The first-order valence-electron chi connectivity index (χ1n) is 14.4. The third kappa shape index (κ3) is 8.34. The zero-order valence-corrected chi connectivity index (χ0v) is 24.4. The molecule has 36 heavy (non-hydrogen) atoms. The van der Waals surface area contributed by atoms with Gasteiger partial charge in [-0.2, -0.15) is 0 Å². The summed E-state index contributed by atoms with van der Waals surface area (Å²) in [7, 11) is 0. The molecule has 200 valence electrons. The Morgan fingerprint density at radius 3 is 1.83 bits per heavy atom. The van der Waals surface area contributed by atoms with E-state index in [2.05, 4.69) is 85.9 Å². The average Bonchev–Trinajstić information content (AvgIpc) is 3.83. The summed E-state index contributed by atoms with van der Waals surface area (Å²) in [4.78, 5) is 0. The average molecular weight is 491 g/mol. The van der Waals surface area contributed by atoms with E-state index in [0.29, 0.717) is 11.3 Å². The highest BCUT2D eigenvalue weighted by Gasteiger charge is 2.69. The first-order valence-corrected chi connectivity index (χ1v) is 14.4. The highest BCUT2D eigenvalue weighted by molar-refractivity contribution is 5.25. The lowest BCUT2D eigenvalue weighted by molar-refractivity contribution is -0.0952. The van der Waals surface area contributed by atoms with Crippen molar-refractivity contribution in [2.75, 3.05) is 0 Å². The maximum Gasteiger partial charge on any atom is 0.0724 e. The van der Waals surface area contributed by atoms with Crippen LogP contribution in [-0.4, -0.2) is 5.60 Å². The fourth-order valence-corrected chi connectivity index (χ4v) is 5.58. The zero-order chi connectivity index (χ0) is 26.8. The molecular weight excluding hydrogens is 436 g/mol. The van der Waals surface area contributed by atoms with Crippen LogP contribution in [0.1, 0.15) is 104 Å². The fourth-order valence-electron chi connectivity index (χ4n) is 5.58. The van der Waals surface area contributed by atoms with Crippen LogP contribution >= 0.6 is 0 Å². The van der Waals surface area contributed by atoms with Crippen LogP contribution in [0, 0.1) is 29.1 Å². The van der Waals surface area contributed by atoms with Gasteiger partial charge in [0.1, 0.15) is 0 Å². The van der Waals surface area contributed by atoms with Crippen LogP contribution < -0.4 is 0 Å². The van der Waals surface area contributed by atoms with E-state index in [1.807, 2.05) is 36.4 Å². The van der Waals surface area contributed by atoms with E-state index in [4.69, 9.17) is 4.74 Å². The second-order valence-electron chi connectivity index (χ2n) is 12.1. The van der Waals surface area contributed by atoms with Crippen molar-refractivity contribution in [1.82, 2.24) is 0 Å². The van der Waals surface area contributed by atoms with Gasteiger partial charge in [-0.05, 0) is 86.7 Å². The van der Waals surface area contributed by atoms with Crippen molar-refractivity contribution in [2.24, 2.45) is 29.1 Å². The molecule has 0 saturated heterocycles. The third-order valence-electron chi connectivity index (χ3n) is 8.96. The monoisotopic (exact) mass is 490 g/mol. The highest BCUT2D eigenvalue weighted by atomic mass is 16.5. The van der Waals surface area contributed by atoms with Crippen LogP contribution in [0.15, 0.2) is 73.8 Å². The van der Waals surface area contributed by atoms with Gasteiger partial charge >= 0.3 is 0 Å². The van der Waals surface area contributed by atoms with Crippen LogP contribution in [0.2, 0.25) is 0 Å². The molecule has 1 heteroatoms. The quantitative estimate of drug-likeness (QED) is 0.351. The molecule has 3 fully saturated rings. The standard InChI is InChI=1S/C22H32O.C6H6.C5H12.C2H4/c1-5-15(2)17-8-6-16(7-9-17)14-23-21(3,4)22-12-19-10-18(19)11-20(22)13-22;1-2-4-6-5-3-1;1-4-5(2)3;1-2/h6-9,15,18-20H,5,10-14H2,1-4H3;1-6H;5H,4H2,1-3H3;1-2H2. The molecule has 0 radical (unpaired) electrons. The fraction of sp³-hybridized carbons (Fsp3) is 0.600. The van der Waals surface area contributed by atoms with Crippen LogP contribution in [0.5, 0.6) is 0 Å². The Kier molecular flexibility index (Phi) is 12.0. The molecule has 0 N–H and O–H groups in total. The van der Waals surface area contributed by atoms with Gasteiger partial charge < -0.3 is 4.74 Å². The van der Waals surface area contributed by atoms with Gasteiger partial charge in [-0.25, -0.2) is 0 Å². The van der Waals surface area contributed by atoms with Crippen molar-refractivity contribution in [3.8, 4) is 0 Å². The van der Waals surface area contributed by atoms with Crippen molar-refractivity contribution in [3.63, 3.8) is 0 Å². The third-order valence-corrected chi connectivity index (χ3v) is 8.96. The van der Waals surface area contributed by atoms with Crippen molar-refractivity contribution >= 4 is 0 Å². The minimum Gasteiger partial charge on any atom is -0.370 e. The predicted molar refractivity (Wildman–Crippen MR) is 158 cm³/mol. The maximum absolute atomic E-state index is 6.49. The summed E-state index contributed by atoms with van der Waals surface area (Å²) < 4.78 is 6.49. The van der Waals surface area contributed by atoms with E-state index in [0.717, 1.165) is 30.3 Å². The summed E-state index contributed by atoms with van der Waals surface area (Å²) in [6, 6.07) is 21.1. The van der Waals surface area contributed by atoms with Gasteiger partial charge in [0.05, 0.1) is 12.2 Å². The van der Waals surface area contributed by atoms with Gasteiger partial charge in [-0.3, -0.25) is 0 Å². The van der Waals surface area contributed by atoms with Crippen LogP contribution in [0.25, 0.3) is 0 Å². The molecule has 5 atom stereocenters. The highest BCUT2D eigenvalue weighted by Crippen LogP contribution is 2.74. The number of benzene rings is 2. The smallest absolute Gasteiger partial charge is 0.0724 e. The molecule has 5 unspecified atom stereocenters. The lowest BCUT2D eigenvalue weighted by Crippen LogP contribution is -2.39. The molecule has 0 bridgehead atoms. The summed E-state index contributed by atoms with van der Waals surface area (Å²) >= 11 is 0. The second kappa shape index (κ2) is 14.2. The lowest BCUT2D eigenvalue weighted by atomic mass is 9.77. The Hall–Kier alpha value is -1.86. The lowest BCUT2D eigenvalue weighted by Gasteiger charge is -2.38. The van der Waals surface area contributed by atoms with Crippen LogP contribution in [0.3, 0.4) is 0 Å². The minimum absolute atomic E-state index is 0.0284. The molecule has 0 spiro atoms. The Balaban J connectivity index is 0.000000291. The van der Waals surface area contributed by atoms with Crippen molar-refractivity contribution in [1.29, 1.82) is 0 Å². The SMILES string of the molecule is C=C.CCC(C)C.CCC(C)c1ccc(COC(C)(C)C23CC4CC4CC2C3)cc1.c1ccccc1. The molecule has 0 aliphatic heterocycles. The molecule has 2 aromatic rings. The van der Waals surface area contributed by atoms with Crippen molar-refractivity contribution in [3.05, 3.63) is 84.9 Å². The van der Waals surface area contributed by atoms with Gasteiger partial charge in [0.15, 0.2) is 0 Å². The molecule has 0 aromatic heterocycles. The Morgan fingerprint density at radius 2 is 1.36 bits per heavy atom. The first-order chi connectivity index (χ1) is 17.2. The maximum atomic E-state index is 6.49. The molecule has 3 aliphatic carbocycles. The largest absolute Gasteiger partial charge is 0.370 e. The van der Waals surface area contributed by atoms with E-state index in [1.165, 1.54) is 49.7 Å². The summed E-state index contributed by atoms with van der Waals surface area (Å²) in [5.41, 5.74) is 3.30. The molecule has 0 amide bonds. The minimum atomic E-state index is 0.0284. The summed E-state index contributed by atoms with van der Waals surface area (Å²) in [5.74, 6) is 4.61. The molecule has 1 nitrogen and oxygen atoms in total. The second-order valence-corrected chi connectivity index (χ2v) is 12.1. The summed E-state index contributed by atoms with van der Waals surface area (Å²) in [5, 5.41) is 0.